The number of fused-ring (bicyclic) bond motifs is 1. The number of benzene rings is 2. The lowest BCUT2D eigenvalue weighted by Crippen LogP contribution is -1.78. The summed E-state index contributed by atoms with van der Waals surface area (Å²) in [6.45, 7) is 0. The molecule has 1 heterocycles. The van der Waals surface area contributed by atoms with Gasteiger partial charge >= 0.3 is 0 Å². The standard InChI is InChI=1S/C13H8BrClN2/c14-9-3-1-8(2-4-9)13-16-11-6-5-10(15)7-12(11)17-13/h1-7H,(H,16,17). The predicted octanol–water partition coefficient (Wildman–Crippen LogP) is 4.65. The third kappa shape index (κ3) is 2.08. The van der Waals surface area contributed by atoms with E-state index >= 15 is 0 Å². The SMILES string of the molecule is Clc1ccc2[nH]c(-c3ccc(Br)cc3)nc2c1. The summed E-state index contributed by atoms with van der Waals surface area (Å²) in [5.41, 5.74) is 2.93. The lowest BCUT2D eigenvalue weighted by molar-refractivity contribution is 1.33. The molecule has 17 heavy (non-hydrogen) atoms. The number of aromatic nitrogens is 2. The van der Waals surface area contributed by atoms with Crippen LogP contribution >= 0.6 is 27.5 Å². The van der Waals surface area contributed by atoms with Gasteiger partial charge in [0.15, 0.2) is 0 Å². The lowest BCUT2D eigenvalue weighted by Gasteiger charge is -1.95. The van der Waals surface area contributed by atoms with E-state index in [9.17, 15) is 0 Å². The zero-order valence-corrected chi connectivity index (χ0v) is 11.1. The van der Waals surface area contributed by atoms with Gasteiger partial charge in [-0.15, -0.1) is 0 Å². The fraction of sp³-hybridized carbons (Fsp3) is 0. The van der Waals surface area contributed by atoms with Crippen molar-refractivity contribution in [2.24, 2.45) is 0 Å². The molecule has 0 atom stereocenters. The number of halogens is 2. The predicted molar refractivity (Wildman–Crippen MR) is 74.2 cm³/mol. The van der Waals surface area contributed by atoms with Crippen LogP contribution in [0.25, 0.3) is 22.4 Å². The van der Waals surface area contributed by atoms with Crippen LogP contribution in [0.1, 0.15) is 0 Å². The molecule has 0 radical (unpaired) electrons. The lowest BCUT2D eigenvalue weighted by atomic mass is 10.2. The average molecular weight is 308 g/mol. The molecule has 0 bridgehead atoms. The molecule has 2 aromatic carbocycles. The number of hydrogen-bond acceptors (Lipinski definition) is 1. The van der Waals surface area contributed by atoms with E-state index < -0.39 is 0 Å². The molecule has 2 nitrogen and oxygen atoms in total. The monoisotopic (exact) mass is 306 g/mol. The summed E-state index contributed by atoms with van der Waals surface area (Å²) in [6.07, 6.45) is 0. The van der Waals surface area contributed by atoms with Crippen LogP contribution in [0.4, 0.5) is 0 Å². The van der Waals surface area contributed by atoms with Crippen molar-refractivity contribution in [3.63, 3.8) is 0 Å². The van der Waals surface area contributed by atoms with E-state index in [1.165, 1.54) is 0 Å². The van der Waals surface area contributed by atoms with Gasteiger partial charge in [0.25, 0.3) is 0 Å². The summed E-state index contributed by atoms with van der Waals surface area (Å²) in [5.74, 6) is 0.856. The zero-order chi connectivity index (χ0) is 11.8. The Morgan fingerprint density at radius 3 is 2.59 bits per heavy atom. The van der Waals surface area contributed by atoms with Crippen LogP contribution in [0, 0.1) is 0 Å². The van der Waals surface area contributed by atoms with Crippen LogP contribution in [-0.2, 0) is 0 Å². The minimum atomic E-state index is 0.700. The summed E-state index contributed by atoms with van der Waals surface area (Å²) in [5, 5.41) is 0.700. The molecule has 0 aliphatic heterocycles. The highest BCUT2D eigenvalue weighted by Gasteiger charge is 2.05. The van der Waals surface area contributed by atoms with Crippen molar-refractivity contribution in [3.05, 3.63) is 52.0 Å². The second-order valence-corrected chi connectivity index (χ2v) is 5.11. The topological polar surface area (TPSA) is 28.7 Å². The fourth-order valence-electron chi connectivity index (χ4n) is 1.72. The summed E-state index contributed by atoms with van der Waals surface area (Å²) in [7, 11) is 0. The van der Waals surface area contributed by atoms with Crippen molar-refractivity contribution in [1.82, 2.24) is 9.97 Å². The maximum absolute atomic E-state index is 5.93. The molecular formula is C13H8BrClN2. The van der Waals surface area contributed by atoms with Gasteiger partial charge in [-0.3, -0.25) is 0 Å². The molecule has 3 aromatic rings. The third-order valence-electron chi connectivity index (χ3n) is 2.56. The molecule has 1 N–H and O–H groups in total. The van der Waals surface area contributed by atoms with Crippen molar-refractivity contribution in [1.29, 1.82) is 0 Å². The Kier molecular flexibility index (Phi) is 2.65. The van der Waals surface area contributed by atoms with E-state index in [0.717, 1.165) is 26.9 Å². The van der Waals surface area contributed by atoms with Gasteiger partial charge in [0, 0.05) is 15.1 Å². The average Bonchev–Trinajstić information content (AvgIpc) is 2.72. The molecule has 4 heteroatoms. The number of nitrogens with one attached hydrogen (secondary N) is 1. The van der Waals surface area contributed by atoms with Crippen LogP contribution < -0.4 is 0 Å². The summed E-state index contributed by atoms with van der Waals surface area (Å²) in [6, 6.07) is 13.7. The van der Waals surface area contributed by atoms with Crippen molar-refractivity contribution in [2.75, 3.05) is 0 Å². The molecule has 84 valence electrons. The maximum Gasteiger partial charge on any atom is 0.138 e. The Balaban J connectivity index is 2.14. The maximum atomic E-state index is 5.93. The summed E-state index contributed by atoms with van der Waals surface area (Å²) < 4.78 is 1.06. The van der Waals surface area contributed by atoms with Gasteiger partial charge in [-0.2, -0.15) is 0 Å². The van der Waals surface area contributed by atoms with Gasteiger partial charge in [-0.1, -0.05) is 39.7 Å². The molecule has 0 saturated heterocycles. The largest absolute Gasteiger partial charge is 0.338 e. The van der Waals surface area contributed by atoms with Crippen molar-refractivity contribution < 1.29 is 0 Å². The first-order chi connectivity index (χ1) is 8.22. The Labute approximate surface area is 112 Å². The first-order valence-electron chi connectivity index (χ1n) is 5.13. The van der Waals surface area contributed by atoms with Crippen LogP contribution in [0.3, 0.4) is 0 Å². The van der Waals surface area contributed by atoms with Crippen LogP contribution in [0.15, 0.2) is 46.9 Å². The Bertz CT molecular complexity index is 673. The van der Waals surface area contributed by atoms with Crippen molar-refractivity contribution in [3.8, 4) is 11.4 Å². The minimum absolute atomic E-state index is 0.700. The van der Waals surface area contributed by atoms with E-state index in [2.05, 4.69) is 25.9 Å². The Morgan fingerprint density at radius 1 is 1.06 bits per heavy atom. The van der Waals surface area contributed by atoms with Gasteiger partial charge in [0.2, 0.25) is 0 Å². The Morgan fingerprint density at radius 2 is 1.82 bits per heavy atom. The number of hydrogen-bond donors (Lipinski definition) is 1. The molecule has 0 aliphatic carbocycles. The highest BCUT2D eigenvalue weighted by molar-refractivity contribution is 9.10. The van der Waals surface area contributed by atoms with Crippen LogP contribution in [-0.4, -0.2) is 9.97 Å². The number of nitrogens with zero attached hydrogens (tertiary/aromatic N) is 1. The van der Waals surface area contributed by atoms with Crippen LogP contribution in [0.2, 0.25) is 5.02 Å². The fourth-order valence-corrected chi connectivity index (χ4v) is 2.15. The molecule has 1 aromatic heterocycles. The summed E-state index contributed by atoms with van der Waals surface area (Å²) in [4.78, 5) is 7.79. The van der Waals surface area contributed by atoms with Crippen molar-refractivity contribution >= 4 is 38.6 Å². The second-order valence-electron chi connectivity index (χ2n) is 3.75. The van der Waals surface area contributed by atoms with E-state index in [0.29, 0.717) is 5.02 Å². The highest BCUT2D eigenvalue weighted by atomic mass is 79.9. The molecule has 0 aliphatic rings. The highest BCUT2D eigenvalue weighted by Crippen LogP contribution is 2.23. The number of rotatable bonds is 1. The van der Waals surface area contributed by atoms with Gasteiger partial charge in [-0.05, 0) is 30.3 Å². The summed E-state index contributed by atoms with van der Waals surface area (Å²) >= 11 is 9.35. The number of aromatic amines is 1. The van der Waals surface area contributed by atoms with E-state index in [-0.39, 0.29) is 0 Å². The molecule has 0 fully saturated rings. The normalized spacial score (nSPS) is 10.9. The molecule has 0 spiro atoms. The van der Waals surface area contributed by atoms with Gasteiger partial charge in [0.1, 0.15) is 5.82 Å². The first kappa shape index (κ1) is 10.8. The Hall–Kier alpha value is -1.32. The molecule has 3 rings (SSSR count). The molecular weight excluding hydrogens is 300 g/mol. The van der Waals surface area contributed by atoms with Crippen molar-refractivity contribution in [2.45, 2.75) is 0 Å². The molecule has 0 amide bonds. The quantitative estimate of drug-likeness (QED) is 0.697. The third-order valence-corrected chi connectivity index (χ3v) is 3.33. The van der Waals surface area contributed by atoms with E-state index in [4.69, 9.17) is 11.6 Å². The first-order valence-corrected chi connectivity index (χ1v) is 6.31. The number of imidazole rings is 1. The smallest absolute Gasteiger partial charge is 0.138 e. The van der Waals surface area contributed by atoms with Gasteiger partial charge in [-0.25, -0.2) is 4.98 Å². The zero-order valence-electron chi connectivity index (χ0n) is 8.74. The van der Waals surface area contributed by atoms with Crippen LogP contribution in [0.5, 0.6) is 0 Å². The van der Waals surface area contributed by atoms with Gasteiger partial charge < -0.3 is 4.98 Å². The number of H-pyrrole nitrogens is 1. The molecule has 0 saturated carbocycles. The second kappa shape index (κ2) is 4.17. The molecule has 0 unspecified atom stereocenters. The van der Waals surface area contributed by atoms with Gasteiger partial charge in [0.05, 0.1) is 11.0 Å². The minimum Gasteiger partial charge on any atom is -0.338 e. The van der Waals surface area contributed by atoms with E-state index in [1.54, 1.807) is 0 Å². The van der Waals surface area contributed by atoms with E-state index in [1.807, 2.05) is 42.5 Å².